The fourth-order valence-corrected chi connectivity index (χ4v) is 3.89. The molecular formula is C26H21FN2O5. The summed E-state index contributed by atoms with van der Waals surface area (Å²) in [5.74, 6) is -3.24. The number of carbonyl (C=O) groups excluding carboxylic acids is 3. The van der Waals surface area contributed by atoms with E-state index in [0.29, 0.717) is 11.1 Å². The SMILES string of the molecule is COC(=O)c1ccc(C2/C(=C(/O)c3ccc(C)c(F)c3)C(=O)C(=O)N2Cc2ccncc2)cc1. The van der Waals surface area contributed by atoms with E-state index in [1.54, 1.807) is 43.6 Å². The molecule has 0 radical (unpaired) electrons. The molecule has 34 heavy (non-hydrogen) atoms. The second kappa shape index (κ2) is 9.27. The Morgan fingerprint density at radius 2 is 1.71 bits per heavy atom. The topological polar surface area (TPSA) is 96.8 Å². The van der Waals surface area contributed by atoms with Crippen molar-refractivity contribution in [3.63, 3.8) is 0 Å². The van der Waals surface area contributed by atoms with E-state index in [-0.39, 0.29) is 23.2 Å². The maximum atomic E-state index is 14.2. The molecule has 1 aliphatic rings. The summed E-state index contributed by atoms with van der Waals surface area (Å²) in [7, 11) is 1.26. The van der Waals surface area contributed by atoms with Crippen molar-refractivity contribution in [2.75, 3.05) is 7.11 Å². The van der Waals surface area contributed by atoms with E-state index in [1.807, 2.05) is 0 Å². The van der Waals surface area contributed by atoms with Crippen LogP contribution in [0.2, 0.25) is 0 Å². The van der Waals surface area contributed by atoms with E-state index in [4.69, 9.17) is 4.74 Å². The van der Waals surface area contributed by atoms with Gasteiger partial charge in [0.1, 0.15) is 11.6 Å². The van der Waals surface area contributed by atoms with Crippen molar-refractivity contribution in [3.8, 4) is 0 Å². The summed E-state index contributed by atoms with van der Waals surface area (Å²) in [4.78, 5) is 43.3. The summed E-state index contributed by atoms with van der Waals surface area (Å²) >= 11 is 0. The van der Waals surface area contributed by atoms with Gasteiger partial charge in [-0.1, -0.05) is 24.3 Å². The minimum atomic E-state index is -0.954. The van der Waals surface area contributed by atoms with Crippen molar-refractivity contribution in [2.24, 2.45) is 0 Å². The molecule has 2 aromatic carbocycles. The van der Waals surface area contributed by atoms with Gasteiger partial charge < -0.3 is 14.7 Å². The minimum Gasteiger partial charge on any atom is -0.507 e. The van der Waals surface area contributed by atoms with Gasteiger partial charge in [0, 0.05) is 24.5 Å². The maximum absolute atomic E-state index is 14.2. The van der Waals surface area contributed by atoms with Crippen molar-refractivity contribution in [1.29, 1.82) is 0 Å². The van der Waals surface area contributed by atoms with Crippen LogP contribution in [0.3, 0.4) is 0 Å². The Labute approximate surface area is 195 Å². The molecule has 2 heterocycles. The van der Waals surface area contributed by atoms with Crippen molar-refractivity contribution in [2.45, 2.75) is 19.5 Å². The number of aliphatic hydroxyl groups excluding tert-OH is 1. The lowest BCUT2D eigenvalue weighted by molar-refractivity contribution is -0.140. The van der Waals surface area contributed by atoms with E-state index in [0.717, 1.165) is 11.6 Å². The third-order valence-electron chi connectivity index (χ3n) is 5.74. The zero-order chi connectivity index (χ0) is 24.4. The Balaban J connectivity index is 1.86. The first-order valence-electron chi connectivity index (χ1n) is 10.4. The Morgan fingerprint density at radius 1 is 1.06 bits per heavy atom. The molecule has 1 saturated heterocycles. The predicted molar refractivity (Wildman–Crippen MR) is 121 cm³/mol. The van der Waals surface area contributed by atoms with Gasteiger partial charge in [0.15, 0.2) is 0 Å². The lowest BCUT2D eigenvalue weighted by Crippen LogP contribution is -2.29. The predicted octanol–water partition coefficient (Wildman–Crippen LogP) is 3.94. The van der Waals surface area contributed by atoms with Gasteiger partial charge in [-0.05, 0) is 53.9 Å². The summed E-state index contributed by atoms with van der Waals surface area (Å²) in [5, 5.41) is 11.0. The van der Waals surface area contributed by atoms with Gasteiger partial charge in [-0.25, -0.2) is 9.18 Å². The molecule has 172 valence electrons. The molecule has 1 atom stereocenters. The van der Waals surface area contributed by atoms with Crippen LogP contribution in [0.1, 0.15) is 38.7 Å². The molecule has 1 aliphatic heterocycles. The minimum absolute atomic E-state index is 0.0789. The van der Waals surface area contributed by atoms with Crippen LogP contribution in [0.4, 0.5) is 4.39 Å². The highest BCUT2D eigenvalue weighted by molar-refractivity contribution is 6.46. The number of amides is 1. The monoisotopic (exact) mass is 460 g/mol. The number of likely N-dealkylation sites (tertiary alicyclic amines) is 1. The number of benzene rings is 2. The number of aliphatic hydroxyl groups is 1. The lowest BCUT2D eigenvalue weighted by atomic mass is 9.94. The molecule has 7 nitrogen and oxygen atoms in total. The average Bonchev–Trinajstić information content (AvgIpc) is 3.10. The average molecular weight is 460 g/mol. The molecule has 0 saturated carbocycles. The number of methoxy groups -OCH3 is 1. The first kappa shape index (κ1) is 22.8. The van der Waals surface area contributed by atoms with Gasteiger partial charge >= 0.3 is 5.97 Å². The molecule has 1 N–H and O–H groups in total. The third kappa shape index (κ3) is 4.17. The molecule has 1 unspecified atom stereocenters. The number of aryl methyl sites for hydroxylation is 1. The van der Waals surface area contributed by atoms with Gasteiger partial charge in [0.25, 0.3) is 11.7 Å². The molecular weight excluding hydrogens is 439 g/mol. The van der Waals surface area contributed by atoms with E-state index in [2.05, 4.69) is 4.98 Å². The van der Waals surface area contributed by atoms with Gasteiger partial charge in [-0.2, -0.15) is 0 Å². The maximum Gasteiger partial charge on any atom is 0.337 e. The summed E-state index contributed by atoms with van der Waals surface area (Å²) in [5.41, 5.74) is 1.82. The number of halogens is 1. The van der Waals surface area contributed by atoms with Crippen LogP contribution in [0.25, 0.3) is 5.76 Å². The van der Waals surface area contributed by atoms with Crippen LogP contribution in [0.5, 0.6) is 0 Å². The fraction of sp³-hybridized carbons (Fsp3) is 0.154. The molecule has 4 rings (SSSR count). The standard InChI is InChI=1S/C26H21FN2O5/c1-15-3-4-19(13-20(15)27)23(30)21-22(17-5-7-18(8-6-17)26(33)34-2)29(25(32)24(21)31)14-16-9-11-28-12-10-16/h3-13,22,30H,14H2,1-2H3/b23-21-. The number of ether oxygens (including phenoxy) is 1. The zero-order valence-corrected chi connectivity index (χ0v) is 18.5. The molecule has 1 amide bonds. The quantitative estimate of drug-likeness (QED) is 0.268. The number of hydrogen-bond acceptors (Lipinski definition) is 6. The molecule has 3 aromatic rings. The van der Waals surface area contributed by atoms with Crippen molar-refractivity contribution >= 4 is 23.4 Å². The fourth-order valence-electron chi connectivity index (χ4n) is 3.89. The van der Waals surface area contributed by atoms with Gasteiger partial charge in [-0.15, -0.1) is 0 Å². The van der Waals surface area contributed by atoms with Gasteiger partial charge in [0.2, 0.25) is 0 Å². The highest BCUT2D eigenvalue weighted by Crippen LogP contribution is 2.40. The molecule has 0 aliphatic carbocycles. The molecule has 1 fully saturated rings. The van der Waals surface area contributed by atoms with Crippen LogP contribution < -0.4 is 0 Å². The van der Waals surface area contributed by atoms with Crippen molar-refractivity contribution in [3.05, 3.63) is 106 Å². The lowest BCUT2D eigenvalue weighted by Gasteiger charge is -2.25. The Morgan fingerprint density at radius 3 is 2.32 bits per heavy atom. The summed E-state index contributed by atoms with van der Waals surface area (Å²) < 4.78 is 18.9. The first-order chi connectivity index (χ1) is 16.3. The van der Waals surface area contributed by atoms with Crippen molar-refractivity contribution < 1.29 is 28.6 Å². The van der Waals surface area contributed by atoms with Crippen LogP contribution in [-0.4, -0.2) is 39.8 Å². The second-order valence-corrected chi connectivity index (χ2v) is 7.86. The number of ketones is 1. The number of aromatic nitrogens is 1. The number of hydrogen-bond donors (Lipinski definition) is 1. The number of carbonyl (C=O) groups is 3. The van der Waals surface area contributed by atoms with E-state index >= 15 is 0 Å². The van der Waals surface area contributed by atoms with Crippen LogP contribution >= 0.6 is 0 Å². The van der Waals surface area contributed by atoms with Gasteiger partial charge in [0.05, 0.1) is 24.3 Å². The smallest absolute Gasteiger partial charge is 0.337 e. The highest BCUT2D eigenvalue weighted by atomic mass is 19.1. The number of esters is 1. The Hall–Kier alpha value is -4.33. The molecule has 0 bridgehead atoms. The number of nitrogens with zero attached hydrogens (tertiary/aromatic N) is 2. The number of pyridine rings is 1. The first-order valence-corrected chi connectivity index (χ1v) is 10.4. The van der Waals surface area contributed by atoms with Crippen LogP contribution in [0, 0.1) is 12.7 Å². The third-order valence-corrected chi connectivity index (χ3v) is 5.74. The Kier molecular flexibility index (Phi) is 6.23. The van der Waals surface area contributed by atoms with Crippen LogP contribution in [-0.2, 0) is 20.9 Å². The van der Waals surface area contributed by atoms with E-state index in [9.17, 15) is 23.9 Å². The van der Waals surface area contributed by atoms with Gasteiger partial charge in [-0.3, -0.25) is 14.6 Å². The van der Waals surface area contributed by atoms with Crippen LogP contribution in [0.15, 0.2) is 72.6 Å². The van der Waals surface area contributed by atoms with Crippen molar-refractivity contribution in [1.82, 2.24) is 9.88 Å². The molecule has 0 spiro atoms. The number of Topliss-reactive ketones (excluding diaryl/α,β-unsaturated/α-hetero) is 1. The largest absolute Gasteiger partial charge is 0.507 e. The normalized spacial score (nSPS) is 17.1. The highest BCUT2D eigenvalue weighted by Gasteiger charge is 2.46. The number of rotatable bonds is 5. The van der Waals surface area contributed by atoms with E-state index in [1.165, 1.54) is 36.3 Å². The van der Waals surface area contributed by atoms with E-state index < -0.39 is 35.3 Å². The second-order valence-electron chi connectivity index (χ2n) is 7.86. The molecule has 1 aromatic heterocycles. The Bertz CT molecular complexity index is 1300. The zero-order valence-electron chi connectivity index (χ0n) is 18.5. The summed E-state index contributed by atoms with van der Waals surface area (Å²) in [6.07, 6.45) is 3.14. The molecule has 8 heteroatoms. The summed E-state index contributed by atoms with van der Waals surface area (Å²) in [6.45, 7) is 1.66. The summed E-state index contributed by atoms with van der Waals surface area (Å²) in [6, 6.07) is 12.8.